The lowest BCUT2D eigenvalue weighted by atomic mass is 10.0. The highest BCUT2D eigenvalue weighted by molar-refractivity contribution is 8.35. The highest BCUT2D eigenvalue weighted by atomic mass is 35.5. The molecule has 2 aromatic carbocycles. The van der Waals surface area contributed by atoms with Crippen molar-refractivity contribution in [2.75, 3.05) is 25.9 Å². The van der Waals surface area contributed by atoms with Crippen molar-refractivity contribution < 1.29 is 14.6 Å². The molecule has 0 aliphatic heterocycles. The van der Waals surface area contributed by atoms with Gasteiger partial charge in [-0.3, -0.25) is 0 Å². The standard InChI is InChI=1S/C23H29ClO3S/c1-26-21-11-8-18(9-12-21)16-27-17-20-15-19(10-13-22(20)24)23(25)7-5-6-14-28(2,3)4/h8-13,15,23,25H,5,7,16-17H2,1-4H3. The highest BCUT2D eigenvalue weighted by Gasteiger charge is 2.10. The van der Waals surface area contributed by atoms with Crippen LogP contribution in [-0.2, 0) is 18.0 Å². The van der Waals surface area contributed by atoms with E-state index in [9.17, 15) is 5.11 Å². The molecule has 0 bridgehead atoms. The molecule has 0 spiro atoms. The quantitative estimate of drug-likeness (QED) is 0.570. The molecule has 28 heavy (non-hydrogen) atoms. The number of ether oxygens (including phenoxy) is 2. The fourth-order valence-electron chi connectivity index (χ4n) is 2.56. The van der Waals surface area contributed by atoms with Crippen LogP contribution in [0.1, 0.15) is 35.6 Å². The summed E-state index contributed by atoms with van der Waals surface area (Å²) in [5.74, 6) is 4.00. The molecule has 0 fully saturated rings. The molecule has 0 amide bonds. The molecule has 0 aliphatic rings. The SMILES string of the molecule is COc1ccc(COCc2cc(C(O)CCC#CS(C)(C)C)ccc2Cl)cc1. The number of hydrogen-bond donors (Lipinski definition) is 1. The van der Waals surface area contributed by atoms with E-state index in [0.717, 1.165) is 22.4 Å². The molecule has 0 aromatic heterocycles. The molecule has 0 saturated carbocycles. The van der Waals surface area contributed by atoms with Crippen molar-refractivity contribution in [2.24, 2.45) is 0 Å². The van der Waals surface area contributed by atoms with Crippen LogP contribution in [0.15, 0.2) is 42.5 Å². The second-order valence-corrected chi connectivity index (χ2v) is 11.6. The Balaban J connectivity index is 1.91. The van der Waals surface area contributed by atoms with Crippen molar-refractivity contribution in [3.05, 3.63) is 64.2 Å². The second-order valence-electron chi connectivity index (χ2n) is 7.36. The van der Waals surface area contributed by atoms with Crippen molar-refractivity contribution in [1.29, 1.82) is 0 Å². The third-order valence-electron chi connectivity index (χ3n) is 4.06. The molecule has 0 radical (unpaired) electrons. The van der Waals surface area contributed by atoms with Gasteiger partial charge in [0.25, 0.3) is 0 Å². The Kier molecular flexibility index (Phi) is 8.72. The molecule has 0 aliphatic carbocycles. The van der Waals surface area contributed by atoms with Crippen molar-refractivity contribution in [2.45, 2.75) is 32.2 Å². The number of aliphatic hydroxyl groups excluding tert-OH is 1. The largest absolute Gasteiger partial charge is 0.497 e. The summed E-state index contributed by atoms with van der Waals surface area (Å²) in [7, 11) is 0.826. The number of methoxy groups -OCH3 is 1. The van der Waals surface area contributed by atoms with Gasteiger partial charge in [-0.05, 0) is 66.1 Å². The van der Waals surface area contributed by atoms with Gasteiger partial charge in [0.1, 0.15) is 5.75 Å². The summed E-state index contributed by atoms with van der Waals surface area (Å²) >= 11 is 6.30. The van der Waals surface area contributed by atoms with Crippen LogP contribution < -0.4 is 4.74 Å². The maximum absolute atomic E-state index is 10.5. The minimum Gasteiger partial charge on any atom is -0.497 e. The van der Waals surface area contributed by atoms with Crippen molar-refractivity contribution >= 4 is 21.6 Å². The van der Waals surface area contributed by atoms with Gasteiger partial charge in [-0.15, -0.1) is 0 Å². The molecule has 3 nitrogen and oxygen atoms in total. The van der Waals surface area contributed by atoms with E-state index in [0.29, 0.717) is 31.1 Å². The first-order valence-electron chi connectivity index (χ1n) is 9.13. The number of hydrogen-bond acceptors (Lipinski definition) is 3. The summed E-state index contributed by atoms with van der Waals surface area (Å²) in [6.07, 6.45) is 7.21. The highest BCUT2D eigenvalue weighted by Crippen LogP contribution is 2.32. The first-order valence-corrected chi connectivity index (χ1v) is 12.4. The van der Waals surface area contributed by atoms with Gasteiger partial charge in [0.2, 0.25) is 0 Å². The molecule has 0 saturated heterocycles. The number of rotatable bonds is 8. The molecule has 0 heterocycles. The Hall–Kier alpha value is -1.64. The maximum Gasteiger partial charge on any atom is 0.118 e. The third-order valence-corrected chi connectivity index (χ3v) is 5.19. The number of benzene rings is 2. The van der Waals surface area contributed by atoms with Crippen LogP contribution in [-0.4, -0.2) is 31.0 Å². The van der Waals surface area contributed by atoms with Crippen LogP contribution >= 0.6 is 21.6 Å². The van der Waals surface area contributed by atoms with Gasteiger partial charge in [-0.25, -0.2) is 0 Å². The van der Waals surface area contributed by atoms with E-state index in [-0.39, 0.29) is 0 Å². The molecule has 5 heteroatoms. The maximum atomic E-state index is 10.5. The molecule has 2 aromatic rings. The lowest BCUT2D eigenvalue weighted by Crippen LogP contribution is -2.00. The van der Waals surface area contributed by atoms with E-state index in [1.54, 1.807) is 7.11 Å². The average molecular weight is 421 g/mol. The van der Waals surface area contributed by atoms with Gasteiger partial charge < -0.3 is 14.6 Å². The van der Waals surface area contributed by atoms with Crippen LogP contribution in [0.25, 0.3) is 0 Å². The zero-order valence-electron chi connectivity index (χ0n) is 17.0. The minimum absolute atomic E-state index is 0.388. The minimum atomic E-state index is -0.820. The predicted molar refractivity (Wildman–Crippen MR) is 120 cm³/mol. The summed E-state index contributed by atoms with van der Waals surface area (Å²) in [5.41, 5.74) is 2.78. The Bertz CT molecular complexity index is 816. The van der Waals surface area contributed by atoms with E-state index < -0.39 is 16.1 Å². The molecule has 152 valence electrons. The lowest BCUT2D eigenvalue weighted by molar-refractivity contribution is 0.107. The van der Waals surface area contributed by atoms with Gasteiger partial charge in [0, 0.05) is 11.4 Å². The second kappa shape index (κ2) is 10.8. The van der Waals surface area contributed by atoms with E-state index in [2.05, 4.69) is 29.9 Å². The fraction of sp³-hybridized carbons (Fsp3) is 0.391. The Morgan fingerprint density at radius 3 is 2.43 bits per heavy atom. The van der Waals surface area contributed by atoms with Crippen LogP contribution in [0, 0.1) is 11.2 Å². The Labute approximate surface area is 175 Å². The molecular weight excluding hydrogens is 392 g/mol. The van der Waals surface area contributed by atoms with E-state index in [1.165, 1.54) is 0 Å². The molecule has 2 rings (SSSR count). The monoisotopic (exact) mass is 420 g/mol. The number of halogens is 1. The summed E-state index contributed by atoms with van der Waals surface area (Å²) in [6, 6.07) is 13.4. The van der Waals surface area contributed by atoms with Crippen molar-refractivity contribution in [3.63, 3.8) is 0 Å². The Morgan fingerprint density at radius 2 is 1.79 bits per heavy atom. The predicted octanol–water partition coefficient (Wildman–Crippen LogP) is 5.53. The van der Waals surface area contributed by atoms with Crippen molar-refractivity contribution in [3.8, 4) is 16.9 Å². The first kappa shape index (κ1) is 22.6. The van der Waals surface area contributed by atoms with E-state index in [4.69, 9.17) is 21.1 Å². The van der Waals surface area contributed by atoms with E-state index >= 15 is 0 Å². The topological polar surface area (TPSA) is 38.7 Å². The summed E-state index contributed by atoms with van der Waals surface area (Å²) < 4.78 is 11.0. The molecule has 1 atom stereocenters. The Morgan fingerprint density at radius 1 is 1.07 bits per heavy atom. The van der Waals surface area contributed by atoms with Crippen molar-refractivity contribution in [1.82, 2.24) is 0 Å². The van der Waals surface area contributed by atoms with Gasteiger partial charge in [-0.1, -0.05) is 41.0 Å². The van der Waals surface area contributed by atoms with Gasteiger partial charge in [0.05, 0.1) is 26.4 Å². The summed E-state index contributed by atoms with van der Waals surface area (Å²) in [6.45, 7) is 0.871. The first-order chi connectivity index (χ1) is 13.3. The average Bonchev–Trinajstić information content (AvgIpc) is 2.66. The normalized spacial score (nSPS) is 12.8. The van der Waals surface area contributed by atoms with E-state index in [1.807, 2.05) is 42.5 Å². The van der Waals surface area contributed by atoms with Crippen LogP contribution in [0.3, 0.4) is 0 Å². The van der Waals surface area contributed by atoms with Gasteiger partial charge in [0.15, 0.2) is 0 Å². The number of aliphatic hydroxyl groups is 1. The van der Waals surface area contributed by atoms with Crippen LogP contribution in [0.5, 0.6) is 5.75 Å². The third kappa shape index (κ3) is 7.77. The zero-order valence-corrected chi connectivity index (χ0v) is 18.6. The molecule has 1 unspecified atom stereocenters. The van der Waals surface area contributed by atoms with Gasteiger partial charge >= 0.3 is 0 Å². The van der Waals surface area contributed by atoms with Crippen LogP contribution in [0.2, 0.25) is 5.02 Å². The molecular formula is C23H29ClO3S. The fourth-order valence-corrected chi connectivity index (χ4v) is 3.26. The smallest absolute Gasteiger partial charge is 0.118 e. The zero-order chi connectivity index (χ0) is 20.6. The summed E-state index contributed by atoms with van der Waals surface area (Å²) in [5, 5.41) is 14.4. The summed E-state index contributed by atoms with van der Waals surface area (Å²) in [4.78, 5) is 0. The van der Waals surface area contributed by atoms with Gasteiger partial charge in [-0.2, -0.15) is 10.0 Å². The lowest BCUT2D eigenvalue weighted by Gasteiger charge is -2.15. The molecule has 1 N–H and O–H groups in total. The van der Waals surface area contributed by atoms with Crippen LogP contribution in [0.4, 0.5) is 0 Å².